The van der Waals surface area contributed by atoms with Crippen molar-refractivity contribution in [2.75, 3.05) is 13.1 Å². The van der Waals surface area contributed by atoms with Gasteiger partial charge in [-0.3, -0.25) is 9.59 Å². The van der Waals surface area contributed by atoms with Crippen LogP contribution in [0.15, 0.2) is 28.7 Å². The molecule has 7 heteroatoms. The Morgan fingerprint density at radius 1 is 1.24 bits per heavy atom. The number of amides is 4. The van der Waals surface area contributed by atoms with Gasteiger partial charge >= 0.3 is 6.03 Å². The van der Waals surface area contributed by atoms with Gasteiger partial charge in [-0.15, -0.1) is 0 Å². The van der Waals surface area contributed by atoms with Crippen LogP contribution in [0, 0.1) is 0 Å². The Hall–Kier alpha value is -1.89. The van der Waals surface area contributed by atoms with E-state index in [2.05, 4.69) is 21.2 Å². The third kappa shape index (κ3) is 3.17. The lowest BCUT2D eigenvalue weighted by molar-refractivity contribution is -0.143. The lowest BCUT2D eigenvalue weighted by Crippen LogP contribution is -2.51. The van der Waals surface area contributed by atoms with Crippen molar-refractivity contribution in [3.05, 3.63) is 34.3 Å². The molecule has 1 N–H and O–H groups in total. The fourth-order valence-electron chi connectivity index (χ4n) is 3.50. The predicted molar refractivity (Wildman–Crippen MR) is 96.8 cm³/mol. The molecule has 2 fully saturated rings. The molecule has 2 aliphatic rings. The molecule has 134 valence electrons. The summed E-state index contributed by atoms with van der Waals surface area (Å²) in [5.41, 5.74) is -0.488. The second-order valence-corrected chi connectivity index (χ2v) is 7.72. The molecular weight excluding hydrogens is 386 g/mol. The highest BCUT2D eigenvalue weighted by atomic mass is 79.9. The highest BCUT2D eigenvalue weighted by molar-refractivity contribution is 9.10. The van der Waals surface area contributed by atoms with Crippen LogP contribution in [0.3, 0.4) is 0 Å². The summed E-state index contributed by atoms with van der Waals surface area (Å²) in [4.78, 5) is 41.1. The van der Waals surface area contributed by atoms with Gasteiger partial charge in [-0.2, -0.15) is 0 Å². The van der Waals surface area contributed by atoms with Gasteiger partial charge in [0.1, 0.15) is 11.6 Å². The molecular formula is C18H22BrN3O3. The number of rotatable bonds is 3. The van der Waals surface area contributed by atoms with E-state index in [1.807, 2.05) is 12.1 Å². The molecule has 0 aromatic heterocycles. The summed E-state index contributed by atoms with van der Waals surface area (Å²) in [5, 5.41) is 2.76. The standard InChI is InChI=1S/C18H22BrN3O3/c1-12(15(23)21-9-4-3-5-10-21)22-16(24)18(2,20-17(22)25)13-7-6-8-14(19)11-13/h6-8,11-12H,3-5,9-10H2,1-2H3,(H,20,25)/t12-,18+/m0/s1. The van der Waals surface area contributed by atoms with Crippen molar-refractivity contribution >= 4 is 33.8 Å². The van der Waals surface area contributed by atoms with Gasteiger partial charge in [-0.05, 0) is 50.8 Å². The number of urea groups is 1. The summed E-state index contributed by atoms with van der Waals surface area (Å²) < 4.78 is 0.823. The van der Waals surface area contributed by atoms with Crippen LogP contribution in [0.4, 0.5) is 4.79 Å². The van der Waals surface area contributed by atoms with E-state index >= 15 is 0 Å². The smallest absolute Gasteiger partial charge is 0.326 e. The minimum atomic E-state index is -1.17. The third-order valence-electron chi connectivity index (χ3n) is 5.04. The molecule has 1 aromatic carbocycles. The van der Waals surface area contributed by atoms with Crippen molar-refractivity contribution in [1.82, 2.24) is 15.1 Å². The number of piperidine rings is 1. The van der Waals surface area contributed by atoms with Crippen molar-refractivity contribution < 1.29 is 14.4 Å². The zero-order valence-corrected chi connectivity index (χ0v) is 16.0. The molecule has 2 aliphatic heterocycles. The topological polar surface area (TPSA) is 69.7 Å². The fraction of sp³-hybridized carbons (Fsp3) is 0.500. The first kappa shape index (κ1) is 17.9. The van der Waals surface area contributed by atoms with Crippen LogP contribution in [0.5, 0.6) is 0 Å². The SMILES string of the molecule is C[C@@H](C(=O)N1CCCCC1)N1C(=O)N[C@](C)(c2cccc(Br)c2)C1=O. The van der Waals surface area contributed by atoms with Crippen LogP contribution in [-0.4, -0.2) is 46.8 Å². The van der Waals surface area contributed by atoms with E-state index < -0.39 is 23.5 Å². The molecule has 25 heavy (non-hydrogen) atoms. The van der Waals surface area contributed by atoms with E-state index in [4.69, 9.17) is 0 Å². The van der Waals surface area contributed by atoms with Gasteiger partial charge in [-0.1, -0.05) is 28.1 Å². The molecule has 2 atom stereocenters. The van der Waals surface area contributed by atoms with E-state index in [9.17, 15) is 14.4 Å². The number of benzene rings is 1. The molecule has 0 unspecified atom stereocenters. The summed E-state index contributed by atoms with van der Waals surface area (Å²) in [6.45, 7) is 4.68. The predicted octanol–water partition coefficient (Wildman–Crippen LogP) is 2.62. The largest absolute Gasteiger partial charge is 0.341 e. The number of carbonyl (C=O) groups is 3. The monoisotopic (exact) mass is 407 g/mol. The second kappa shape index (κ2) is 6.78. The van der Waals surface area contributed by atoms with E-state index in [-0.39, 0.29) is 5.91 Å². The Morgan fingerprint density at radius 3 is 2.56 bits per heavy atom. The molecule has 6 nitrogen and oxygen atoms in total. The zero-order chi connectivity index (χ0) is 18.2. The Bertz CT molecular complexity index is 717. The lowest BCUT2D eigenvalue weighted by atomic mass is 9.92. The Kier molecular flexibility index (Phi) is 4.86. The summed E-state index contributed by atoms with van der Waals surface area (Å²) in [7, 11) is 0. The minimum Gasteiger partial charge on any atom is -0.341 e. The van der Waals surface area contributed by atoms with Crippen molar-refractivity contribution in [2.45, 2.75) is 44.7 Å². The first-order chi connectivity index (χ1) is 11.8. The normalized spacial score (nSPS) is 25.1. The van der Waals surface area contributed by atoms with Crippen LogP contribution in [0.1, 0.15) is 38.7 Å². The van der Waals surface area contributed by atoms with Crippen LogP contribution >= 0.6 is 15.9 Å². The zero-order valence-electron chi connectivity index (χ0n) is 14.4. The maximum atomic E-state index is 13.0. The van der Waals surface area contributed by atoms with Gasteiger partial charge in [0.15, 0.2) is 0 Å². The van der Waals surface area contributed by atoms with E-state index in [0.29, 0.717) is 18.7 Å². The minimum absolute atomic E-state index is 0.165. The number of nitrogens with one attached hydrogen (secondary N) is 1. The Balaban J connectivity index is 1.84. The maximum Gasteiger partial charge on any atom is 0.326 e. The lowest BCUT2D eigenvalue weighted by Gasteiger charge is -2.32. The highest BCUT2D eigenvalue weighted by Gasteiger charge is 2.52. The number of hydrogen-bond donors (Lipinski definition) is 1. The van der Waals surface area contributed by atoms with Gasteiger partial charge in [-0.25, -0.2) is 9.69 Å². The number of halogens is 1. The first-order valence-corrected chi connectivity index (χ1v) is 9.34. The summed E-state index contributed by atoms with van der Waals surface area (Å²) in [6, 6.07) is 5.94. The van der Waals surface area contributed by atoms with Crippen molar-refractivity contribution in [2.24, 2.45) is 0 Å². The van der Waals surface area contributed by atoms with Crippen LogP contribution in [-0.2, 0) is 15.1 Å². The average Bonchev–Trinajstić information content (AvgIpc) is 2.84. The third-order valence-corrected chi connectivity index (χ3v) is 5.53. The number of likely N-dealkylation sites (tertiary alicyclic amines) is 1. The fourth-order valence-corrected chi connectivity index (χ4v) is 3.90. The van der Waals surface area contributed by atoms with Gasteiger partial charge in [0.05, 0.1) is 0 Å². The molecule has 1 aromatic rings. The van der Waals surface area contributed by atoms with Crippen molar-refractivity contribution in [3.63, 3.8) is 0 Å². The molecule has 0 aliphatic carbocycles. The molecule has 3 rings (SSSR count). The number of imide groups is 1. The highest BCUT2D eigenvalue weighted by Crippen LogP contribution is 2.31. The molecule has 2 heterocycles. The molecule has 0 radical (unpaired) electrons. The molecule has 0 saturated carbocycles. The Morgan fingerprint density at radius 2 is 1.92 bits per heavy atom. The maximum absolute atomic E-state index is 13.0. The molecule has 0 bridgehead atoms. The molecule has 2 saturated heterocycles. The summed E-state index contributed by atoms with van der Waals surface area (Å²) >= 11 is 3.39. The van der Waals surface area contributed by atoms with E-state index in [0.717, 1.165) is 28.6 Å². The summed E-state index contributed by atoms with van der Waals surface area (Å²) in [6.07, 6.45) is 3.05. The van der Waals surface area contributed by atoms with Crippen molar-refractivity contribution in [1.29, 1.82) is 0 Å². The first-order valence-electron chi connectivity index (χ1n) is 8.55. The molecule has 4 amide bonds. The van der Waals surface area contributed by atoms with Crippen molar-refractivity contribution in [3.8, 4) is 0 Å². The Labute approximate surface area is 155 Å². The number of nitrogens with zero attached hydrogens (tertiary/aromatic N) is 2. The van der Waals surface area contributed by atoms with Crippen LogP contribution in [0.25, 0.3) is 0 Å². The second-order valence-electron chi connectivity index (χ2n) is 6.80. The molecule has 0 spiro atoms. The van der Waals surface area contributed by atoms with Crippen LogP contribution in [0.2, 0.25) is 0 Å². The number of hydrogen-bond acceptors (Lipinski definition) is 3. The van der Waals surface area contributed by atoms with Crippen LogP contribution < -0.4 is 5.32 Å². The van der Waals surface area contributed by atoms with Gasteiger partial charge in [0, 0.05) is 17.6 Å². The van der Waals surface area contributed by atoms with Gasteiger partial charge in [0.25, 0.3) is 5.91 Å². The quantitative estimate of drug-likeness (QED) is 0.782. The summed E-state index contributed by atoms with van der Waals surface area (Å²) in [5.74, 6) is -0.560. The average molecular weight is 408 g/mol. The van der Waals surface area contributed by atoms with Gasteiger partial charge in [0.2, 0.25) is 5.91 Å². The van der Waals surface area contributed by atoms with E-state index in [1.54, 1.807) is 30.9 Å². The van der Waals surface area contributed by atoms with Gasteiger partial charge < -0.3 is 10.2 Å². The number of carbonyl (C=O) groups excluding carboxylic acids is 3. The van der Waals surface area contributed by atoms with E-state index in [1.165, 1.54) is 0 Å².